The maximum absolute atomic E-state index is 12.3. The van der Waals surface area contributed by atoms with E-state index in [1.54, 1.807) is 23.6 Å². The quantitative estimate of drug-likeness (QED) is 0.593. The summed E-state index contributed by atoms with van der Waals surface area (Å²) in [6.07, 6.45) is 4.72. The predicted molar refractivity (Wildman–Crippen MR) is 113 cm³/mol. The predicted octanol–water partition coefficient (Wildman–Crippen LogP) is 4.21. The summed E-state index contributed by atoms with van der Waals surface area (Å²) >= 11 is 1.20. The lowest BCUT2D eigenvalue weighted by molar-refractivity contribution is -0.111. The topological polar surface area (TPSA) is 88.2 Å². The summed E-state index contributed by atoms with van der Waals surface area (Å²) in [6, 6.07) is 11.9. The van der Waals surface area contributed by atoms with E-state index < -0.39 is 10.0 Å². The van der Waals surface area contributed by atoms with Gasteiger partial charge in [0.15, 0.2) is 5.13 Å². The van der Waals surface area contributed by atoms with Gasteiger partial charge in [0, 0.05) is 23.3 Å². The van der Waals surface area contributed by atoms with E-state index in [0.29, 0.717) is 10.8 Å². The fourth-order valence-electron chi connectivity index (χ4n) is 2.53. The molecule has 0 radical (unpaired) electrons. The number of hydrogen-bond acceptors (Lipinski definition) is 5. The number of carbonyl (C=O) groups excluding carboxylic acids is 1. The van der Waals surface area contributed by atoms with Crippen LogP contribution in [0.15, 0.2) is 65.0 Å². The van der Waals surface area contributed by atoms with Crippen LogP contribution in [0.2, 0.25) is 0 Å². The van der Waals surface area contributed by atoms with E-state index in [1.807, 2.05) is 26.0 Å². The van der Waals surface area contributed by atoms with E-state index in [0.717, 1.165) is 11.1 Å². The van der Waals surface area contributed by atoms with Crippen LogP contribution in [0.25, 0.3) is 6.08 Å². The Morgan fingerprint density at radius 1 is 1.11 bits per heavy atom. The van der Waals surface area contributed by atoms with Crippen LogP contribution in [0, 0.1) is 13.8 Å². The number of carbonyl (C=O) groups is 1. The van der Waals surface area contributed by atoms with Crippen molar-refractivity contribution < 1.29 is 13.2 Å². The SMILES string of the molecule is Cc1ccc(C=CC(=O)Nc2ccc(S(=O)(=O)Nc3nccs3)cc2)c(C)c1. The number of rotatable bonds is 6. The number of aryl methyl sites for hydroxylation is 2. The Morgan fingerprint density at radius 3 is 2.50 bits per heavy atom. The first-order valence-corrected chi connectivity index (χ1v) is 10.8. The zero-order valence-electron chi connectivity index (χ0n) is 15.3. The van der Waals surface area contributed by atoms with Gasteiger partial charge in [-0.3, -0.25) is 9.52 Å². The van der Waals surface area contributed by atoms with E-state index in [4.69, 9.17) is 0 Å². The van der Waals surface area contributed by atoms with Crippen molar-refractivity contribution in [1.82, 2.24) is 4.98 Å². The van der Waals surface area contributed by atoms with Crippen molar-refractivity contribution in [2.45, 2.75) is 18.7 Å². The van der Waals surface area contributed by atoms with Crippen LogP contribution in [0.1, 0.15) is 16.7 Å². The molecule has 3 aromatic rings. The van der Waals surface area contributed by atoms with Gasteiger partial charge in [0.2, 0.25) is 5.91 Å². The van der Waals surface area contributed by atoms with Crippen LogP contribution in [-0.2, 0) is 14.8 Å². The number of sulfonamides is 1. The van der Waals surface area contributed by atoms with Gasteiger partial charge < -0.3 is 5.32 Å². The van der Waals surface area contributed by atoms with Crippen LogP contribution in [0.3, 0.4) is 0 Å². The number of nitrogens with zero attached hydrogens (tertiary/aromatic N) is 1. The maximum atomic E-state index is 12.3. The minimum absolute atomic E-state index is 0.0894. The lowest BCUT2D eigenvalue weighted by Crippen LogP contribution is -2.13. The monoisotopic (exact) mass is 413 g/mol. The number of anilines is 2. The molecule has 0 aliphatic heterocycles. The zero-order chi connectivity index (χ0) is 20.1. The first kappa shape index (κ1) is 19.8. The molecule has 1 heterocycles. The Kier molecular flexibility index (Phi) is 5.91. The zero-order valence-corrected chi connectivity index (χ0v) is 17.0. The summed E-state index contributed by atoms with van der Waals surface area (Å²) in [5, 5.41) is 4.70. The van der Waals surface area contributed by atoms with Gasteiger partial charge in [-0.1, -0.05) is 23.8 Å². The molecule has 2 N–H and O–H groups in total. The van der Waals surface area contributed by atoms with Crippen molar-refractivity contribution in [2.24, 2.45) is 0 Å². The van der Waals surface area contributed by atoms with Crippen LogP contribution in [0.5, 0.6) is 0 Å². The molecule has 8 heteroatoms. The van der Waals surface area contributed by atoms with Crippen LogP contribution in [-0.4, -0.2) is 19.3 Å². The summed E-state index contributed by atoms with van der Waals surface area (Å²) < 4.78 is 27.0. The minimum Gasteiger partial charge on any atom is -0.323 e. The van der Waals surface area contributed by atoms with Crippen LogP contribution in [0.4, 0.5) is 10.8 Å². The second-order valence-corrected chi connectivity index (χ2v) is 8.73. The summed E-state index contributed by atoms with van der Waals surface area (Å²) in [4.78, 5) is 16.1. The molecular weight excluding hydrogens is 394 g/mol. The maximum Gasteiger partial charge on any atom is 0.263 e. The van der Waals surface area contributed by atoms with Gasteiger partial charge in [-0.15, -0.1) is 11.3 Å². The van der Waals surface area contributed by atoms with Crippen molar-refractivity contribution in [3.8, 4) is 0 Å². The van der Waals surface area contributed by atoms with E-state index in [9.17, 15) is 13.2 Å². The van der Waals surface area contributed by atoms with Crippen molar-refractivity contribution in [3.05, 3.63) is 76.8 Å². The average Bonchev–Trinajstić information content (AvgIpc) is 3.14. The van der Waals surface area contributed by atoms with Gasteiger partial charge >= 0.3 is 0 Å². The average molecular weight is 414 g/mol. The third-order valence-electron chi connectivity index (χ3n) is 3.93. The number of thiazole rings is 1. The number of hydrogen-bond donors (Lipinski definition) is 2. The van der Waals surface area contributed by atoms with Crippen LogP contribution >= 0.6 is 11.3 Å². The molecule has 0 aliphatic carbocycles. The third kappa shape index (κ3) is 5.05. The molecule has 28 heavy (non-hydrogen) atoms. The van der Waals surface area contributed by atoms with Gasteiger partial charge in [0.05, 0.1) is 4.90 Å². The molecule has 0 saturated heterocycles. The van der Waals surface area contributed by atoms with E-state index in [1.165, 1.54) is 41.3 Å². The van der Waals surface area contributed by atoms with Crippen molar-refractivity contribution in [3.63, 3.8) is 0 Å². The molecule has 1 amide bonds. The van der Waals surface area contributed by atoms with Gasteiger partial charge in [-0.2, -0.15) is 0 Å². The molecule has 0 unspecified atom stereocenters. The number of amides is 1. The highest BCUT2D eigenvalue weighted by Gasteiger charge is 2.15. The molecule has 0 spiro atoms. The first-order valence-electron chi connectivity index (χ1n) is 8.42. The van der Waals surface area contributed by atoms with Gasteiger partial charge in [-0.05, 0) is 55.3 Å². The number of aromatic nitrogens is 1. The minimum atomic E-state index is -3.71. The fraction of sp³-hybridized carbons (Fsp3) is 0.100. The summed E-state index contributed by atoms with van der Waals surface area (Å²) in [6.45, 7) is 4.01. The molecule has 0 fully saturated rings. The summed E-state index contributed by atoms with van der Waals surface area (Å²) in [7, 11) is -3.71. The lowest BCUT2D eigenvalue weighted by atomic mass is 10.1. The van der Waals surface area contributed by atoms with E-state index in [2.05, 4.69) is 21.1 Å². The molecule has 144 valence electrons. The highest BCUT2D eigenvalue weighted by atomic mass is 32.2. The third-order valence-corrected chi connectivity index (χ3v) is 6.10. The van der Waals surface area contributed by atoms with Crippen molar-refractivity contribution >= 4 is 44.2 Å². The molecule has 0 saturated carbocycles. The molecule has 3 rings (SSSR count). The first-order chi connectivity index (χ1) is 13.3. The second kappa shape index (κ2) is 8.37. The Hall–Kier alpha value is -2.97. The molecule has 0 atom stereocenters. The molecule has 6 nitrogen and oxygen atoms in total. The number of nitrogens with one attached hydrogen (secondary N) is 2. The van der Waals surface area contributed by atoms with Crippen molar-refractivity contribution in [1.29, 1.82) is 0 Å². The van der Waals surface area contributed by atoms with Gasteiger partial charge in [-0.25, -0.2) is 13.4 Å². The highest BCUT2D eigenvalue weighted by molar-refractivity contribution is 7.93. The smallest absolute Gasteiger partial charge is 0.263 e. The van der Waals surface area contributed by atoms with Crippen LogP contribution < -0.4 is 10.0 Å². The molecule has 0 bridgehead atoms. The van der Waals surface area contributed by atoms with E-state index in [-0.39, 0.29) is 10.8 Å². The second-order valence-electron chi connectivity index (χ2n) is 6.15. The van der Waals surface area contributed by atoms with Gasteiger partial charge in [0.1, 0.15) is 0 Å². The Labute approximate surface area is 168 Å². The molecule has 0 aliphatic rings. The largest absolute Gasteiger partial charge is 0.323 e. The standard InChI is InChI=1S/C20H19N3O3S2/c1-14-3-4-16(15(2)13-14)5-10-19(24)22-17-6-8-18(9-7-17)28(25,26)23-20-21-11-12-27-20/h3-13H,1-2H3,(H,21,23)(H,22,24). The highest BCUT2D eigenvalue weighted by Crippen LogP contribution is 2.19. The molecule has 1 aromatic heterocycles. The lowest BCUT2D eigenvalue weighted by Gasteiger charge is -2.07. The molecule has 2 aromatic carbocycles. The Balaban J connectivity index is 1.65. The number of benzene rings is 2. The van der Waals surface area contributed by atoms with E-state index >= 15 is 0 Å². The summed E-state index contributed by atoms with van der Waals surface area (Å²) in [5.41, 5.74) is 3.73. The Bertz CT molecular complexity index is 1100. The summed E-state index contributed by atoms with van der Waals surface area (Å²) in [5.74, 6) is -0.295. The Morgan fingerprint density at radius 2 is 1.86 bits per heavy atom. The van der Waals surface area contributed by atoms with Gasteiger partial charge in [0.25, 0.3) is 10.0 Å². The molecular formula is C20H19N3O3S2. The fourth-order valence-corrected chi connectivity index (χ4v) is 4.32. The normalized spacial score (nSPS) is 11.5. The van der Waals surface area contributed by atoms with Crippen molar-refractivity contribution in [2.75, 3.05) is 10.0 Å².